The van der Waals surface area contributed by atoms with E-state index in [0.717, 1.165) is 38.9 Å². The van der Waals surface area contributed by atoms with Gasteiger partial charge in [0.05, 0.1) is 6.54 Å². The van der Waals surface area contributed by atoms with Crippen molar-refractivity contribution in [3.63, 3.8) is 0 Å². The molecule has 1 fully saturated rings. The maximum absolute atomic E-state index is 12.5. The van der Waals surface area contributed by atoms with Crippen molar-refractivity contribution < 1.29 is 4.79 Å². The summed E-state index contributed by atoms with van der Waals surface area (Å²) in [6.45, 7) is 7.16. The highest BCUT2D eigenvalue weighted by Gasteiger charge is 2.23. The lowest BCUT2D eigenvalue weighted by atomic mass is 9.90. The molecule has 1 aromatic carbocycles. The van der Waals surface area contributed by atoms with Crippen molar-refractivity contribution >= 4 is 47.6 Å². The van der Waals surface area contributed by atoms with E-state index in [1.54, 1.807) is 18.8 Å². The molecule has 0 spiro atoms. The monoisotopic (exact) mass is 518 g/mol. The van der Waals surface area contributed by atoms with Crippen molar-refractivity contribution in [2.75, 3.05) is 39.5 Å². The third-order valence-corrected chi connectivity index (χ3v) is 6.45. The van der Waals surface area contributed by atoms with E-state index < -0.39 is 0 Å². The summed E-state index contributed by atoms with van der Waals surface area (Å²) in [5.74, 6) is 1.51. The number of aliphatic imine (C=N–C) groups is 1. The molecular formula is C21H35IN4OS. The van der Waals surface area contributed by atoms with E-state index in [-0.39, 0.29) is 34.6 Å². The van der Waals surface area contributed by atoms with Gasteiger partial charge in [0.1, 0.15) is 0 Å². The summed E-state index contributed by atoms with van der Waals surface area (Å²) in [6, 6.07) is 10.6. The lowest BCUT2D eigenvalue weighted by Gasteiger charge is -2.32. The first-order chi connectivity index (χ1) is 12.9. The molecule has 0 bridgehead atoms. The van der Waals surface area contributed by atoms with Crippen LogP contribution in [0, 0.1) is 5.92 Å². The first-order valence-electron chi connectivity index (χ1n) is 9.75. The van der Waals surface area contributed by atoms with Crippen LogP contribution in [-0.4, -0.2) is 61.0 Å². The standard InChI is InChI=1S/C21H34N4OS.HI/c1-21(2,27-4)16-24-20(22-3)23-15-19(26)25-12-10-18(11-13-25)14-17-8-6-5-7-9-17;/h5-9,18H,10-16H2,1-4H3,(H2,22,23,24);1H. The fraction of sp³-hybridized carbons (Fsp3) is 0.619. The lowest BCUT2D eigenvalue weighted by Crippen LogP contribution is -2.48. The van der Waals surface area contributed by atoms with E-state index >= 15 is 0 Å². The molecule has 1 aliphatic heterocycles. The number of nitrogens with one attached hydrogen (secondary N) is 2. The fourth-order valence-corrected chi connectivity index (χ4v) is 3.41. The summed E-state index contributed by atoms with van der Waals surface area (Å²) < 4.78 is 0.127. The average molecular weight is 519 g/mol. The van der Waals surface area contributed by atoms with Crippen LogP contribution in [-0.2, 0) is 11.2 Å². The van der Waals surface area contributed by atoms with Gasteiger partial charge in [0.2, 0.25) is 5.91 Å². The average Bonchev–Trinajstić information content (AvgIpc) is 2.69. The van der Waals surface area contributed by atoms with Gasteiger partial charge >= 0.3 is 0 Å². The number of rotatable bonds is 7. The zero-order valence-corrected chi connectivity index (χ0v) is 20.7. The summed E-state index contributed by atoms with van der Waals surface area (Å²) in [5.41, 5.74) is 1.40. The topological polar surface area (TPSA) is 56.7 Å². The van der Waals surface area contributed by atoms with Gasteiger partial charge < -0.3 is 15.5 Å². The number of amides is 1. The van der Waals surface area contributed by atoms with Crippen molar-refractivity contribution in [2.24, 2.45) is 10.9 Å². The Hall–Kier alpha value is -0.960. The molecule has 158 valence electrons. The van der Waals surface area contributed by atoms with Gasteiger partial charge in [0.25, 0.3) is 0 Å². The minimum Gasteiger partial charge on any atom is -0.355 e. The maximum atomic E-state index is 12.5. The van der Waals surface area contributed by atoms with Gasteiger partial charge in [-0.3, -0.25) is 9.79 Å². The van der Waals surface area contributed by atoms with Gasteiger partial charge in [-0.15, -0.1) is 24.0 Å². The number of guanidine groups is 1. The van der Waals surface area contributed by atoms with Crippen LogP contribution in [0.4, 0.5) is 0 Å². The summed E-state index contributed by atoms with van der Waals surface area (Å²) in [5, 5.41) is 6.45. The van der Waals surface area contributed by atoms with Crippen molar-refractivity contribution in [3.05, 3.63) is 35.9 Å². The SMILES string of the molecule is CN=C(NCC(=O)N1CCC(Cc2ccccc2)CC1)NCC(C)(C)SC.I. The number of benzene rings is 1. The summed E-state index contributed by atoms with van der Waals surface area (Å²) in [6.07, 6.45) is 5.37. The molecule has 1 aliphatic rings. The van der Waals surface area contributed by atoms with Crippen LogP contribution in [0.25, 0.3) is 0 Å². The molecule has 0 aliphatic carbocycles. The third-order valence-electron chi connectivity index (χ3n) is 5.20. The van der Waals surface area contributed by atoms with Gasteiger partial charge in [-0.1, -0.05) is 30.3 Å². The Bertz CT molecular complexity index is 616. The molecule has 2 N–H and O–H groups in total. The molecule has 1 amide bonds. The number of halogens is 1. The normalized spacial score (nSPS) is 15.7. The zero-order chi connectivity index (χ0) is 19.7. The molecule has 2 rings (SSSR count). The molecule has 0 unspecified atom stereocenters. The number of hydrogen-bond acceptors (Lipinski definition) is 3. The van der Waals surface area contributed by atoms with Crippen LogP contribution in [0.5, 0.6) is 0 Å². The number of piperidine rings is 1. The predicted octanol–water partition coefficient (Wildman–Crippen LogP) is 3.39. The van der Waals surface area contributed by atoms with Gasteiger partial charge in [-0.25, -0.2) is 0 Å². The van der Waals surface area contributed by atoms with Crippen LogP contribution in [0.15, 0.2) is 35.3 Å². The number of thioether (sulfide) groups is 1. The second-order valence-corrected chi connectivity index (χ2v) is 9.27. The van der Waals surface area contributed by atoms with Gasteiger partial charge in [0.15, 0.2) is 5.96 Å². The van der Waals surface area contributed by atoms with Crippen molar-refractivity contribution in [2.45, 2.75) is 37.9 Å². The van der Waals surface area contributed by atoms with Crippen LogP contribution >= 0.6 is 35.7 Å². The maximum Gasteiger partial charge on any atom is 0.241 e. The molecule has 1 heterocycles. The number of nitrogens with zero attached hydrogens (tertiary/aromatic N) is 2. The molecule has 5 nitrogen and oxygen atoms in total. The first-order valence-corrected chi connectivity index (χ1v) is 11.0. The van der Waals surface area contributed by atoms with E-state index in [1.807, 2.05) is 4.90 Å². The molecule has 0 aromatic heterocycles. The molecule has 0 radical (unpaired) electrons. The second kappa shape index (κ2) is 12.6. The fourth-order valence-electron chi connectivity index (χ4n) is 3.19. The quantitative estimate of drug-likeness (QED) is 0.330. The molecule has 0 saturated carbocycles. The van der Waals surface area contributed by atoms with Crippen molar-refractivity contribution in [1.82, 2.24) is 15.5 Å². The van der Waals surface area contributed by atoms with Gasteiger partial charge in [0, 0.05) is 31.4 Å². The van der Waals surface area contributed by atoms with E-state index in [4.69, 9.17) is 0 Å². The molecule has 1 saturated heterocycles. The number of carbonyl (C=O) groups is 1. The minimum absolute atomic E-state index is 0. The lowest BCUT2D eigenvalue weighted by molar-refractivity contribution is -0.131. The smallest absolute Gasteiger partial charge is 0.241 e. The predicted molar refractivity (Wildman–Crippen MR) is 132 cm³/mol. The number of likely N-dealkylation sites (tertiary alicyclic amines) is 1. The van der Waals surface area contributed by atoms with Crippen molar-refractivity contribution in [1.29, 1.82) is 0 Å². The van der Waals surface area contributed by atoms with Crippen molar-refractivity contribution in [3.8, 4) is 0 Å². The molecule has 0 atom stereocenters. The molecule has 1 aromatic rings. The highest BCUT2D eigenvalue weighted by Crippen LogP contribution is 2.21. The Kier molecular flexibility index (Phi) is 11.3. The number of carbonyl (C=O) groups excluding carboxylic acids is 1. The third kappa shape index (κ3) is 8.59. The van der Waals surface area contributed by atoms with Gasteiger partial charge in [-0.2, -0.15) is 11.8 Å². The largest absolute Gasteiger partial charge is 0.355 e. The number of hydrogen-bond donors (Lipinski definition) is 2. The Labute approximate surface area is 191 Å². The highest BCUT2D eigenvalue weighted by atomic mass is 127. The first kappa shape index (κ1) is 25.1. The Morgan fingerprint density at radius 1 is 1.21 bits per heavy atom. The van der Waals surface area contributed by atoms with E-state index in [0.29, 0.717) is 18.4 Å². The second-order valence-electron chi connectivity index (χ2n) is 7.76. The Morgan fingerprint density at radius 3 is 2.43 bits per heavy atom. The summed E-state index contributed by atoms with van der Waals surface area (Å²) >= 11 is 1.81. The summed E-state index contributed by atoms with van der Waals surface area (Å²) in [4.78, 5) is 18.7. The van der Waals surface area contributed by atoms with E-state index in [9.17, 15) is 4.79 Å². The Morgan fingerprint density at radius 2 is 1.86 bits per heavy atom. The Balaban J connectivity index is 0.00000392. The molecule has 7 heteroatoms. The van der Waals surface area contributed by atoms with Crippen LogP contribution in [0.2, 0.25) is 0 Å². The highest BCUT2D eigenvalue weighted by molar-refractivity contribution is 14.0. The van der Waals surface area contributed by atoms with Gasteiger partial charge in [-0.05, 0) is 50.8 Å². The van der Waals surface area contributed by atoms with E-state index in [2.05, 4.69) is 66.1 Å². The molecular weight excluding hydrogens is 483 g/mol. The minimum atomic E-state index is 0. The van der Waals surface area contributed by atoms with E-state index in [1.165, 1.54) is 5.56 Å². The molecule has 28 heavy (non-hydrogen) atoms. The van der Waals surface area contributed by atoms with Crippen LogP contribution in [0.1, 0.15) is 32.3 Å². The van der Waals surface area contributed by atoms with Crippen LogP contribution < -0.4 is 10.6 Å². The zero-order valence-electron chi connectivity index (χ0n) is 17.5. The van der Waals surface area contributed by atoms with Crippen LogP contribution in [0.3, 0.4) is 0 Å². The summed E-state index contributed by atoms with van der Waals surface area (Å²) in [7, 11) is 1.74.